The van der Waals surface area contributed by atoms with E-state index in [1.165, 1.54) is 23.1 Å². The van der Waals surface area contributed by atoms with Crippen LogP contribution >= 0.6 is 0 Å². The van der Waals surface area contributed by atoms with E-state index in [1.807, 2.05) is 26.0 Å². The molecule has 2 N–H and O–H groups in total. The minimum atomic E-state index is -0.656. The van der Waals surface area contributed by atoms with Crippen molar-refractivity contribution in [2.75, 3.05) is 0 Å². The topological polar surface area (TPSA) is 78.5 Å². The fourth-order valence-corrected chi connectivity index (χ4v) is 3.84. The summed E-state index contributed by atoms with van der Waals surface area (Å²) in [6, 6.07) is 6.86. The first-order chi connectivity index (χ1) is 11.9. The van der Waals surface area contributed by atoms with Gasteiger partial charge in [-0.1, -0.05) is 38.1 Å². The normalized spacial score (nSPS) is 23.6. The molecule has 134 valence electrons. The van der Waals surface area contributed by atoms with Crippen LogP contribution in [0.5, 0.6) is 0 Å². The van der Waals surface area contributed by atoms with Crippen LogP contribution in [0.2, 0.25) is 0 Å². The fourth-order valence-electron chi connectivity index (χ4n) is 3.84. The average Bonchev–Trinajstić information content (AvgIpc) is 2.97. The van der Waals surface area contributed by atoms with Gasteiger partial charge >= 0.3 is 0 Å². The monoisotopic (exact) mass is 343 g/mol. The maximum absolute atomic E-state index is 13.0. The largest absolute Gasteiger partial charge is 0.342 e. The maximum atomic E-state index is 13.0. The number of nitrogens with one attached hydrogen (secondary N) is 2. The maximum Gasteiger partial charge on any atom is 0.264 e. The molecule has 0 saturated carbocycles. The van der Waals surface area contributed by atoms with Crippen LogP contribution in [0.4, 0.5) is 0 Å². The molecule has 1 fully saturated rings. The molecule has 25 heavy (non-hydrogen) atoms. The van der Waals surface area contributed by atoms with E-state index in [-0.39, 0.29) is 29.6 Å². The van der Waals surface area contributed by atoms with Gasteiger partial charge in [0.05, 0.1) is 0 Å². The van der Waals surface area contributed by atoms with Crippen molar-refractivity contribution in [2.24, 2.45) is 11.8 Å². The SMILES string of the molecule is CC(=O)NN1C(=O)[C@@H](C2Cc3ccccc3C2)NC(=O)[C@H]1CC(C)C. The molecular weight excluding hydrogens is 318 g/mol. The summed E-state index contributed by atoms with van der Waals surface area (Å²) in [7, 11) is 0. The van der Waals surface area contributed by atoms with Gasteiger partial charge in [0.15, 0.2) is 0 Å². The van der Waals surface area contributed by atoms with Crippen LogP contribution in [-0.2, 0) is 27.2 Å². The van der Waals surface area contributed by atoms with Crippen molar-refractivity contribution in [3.63, 3.8) is 0 Å². The Morgan fingerprint density at radius 2 is 1.84 bits per heavy atom. The molecule has 6 nitrogen and oxygen atoms in total. The average molecular weight is 343 g/mol. The lowest BCUT2D eigenvalue weighted by molar-refractivity contribution is -0.158. The van der Waals surface area contributed by atoms with Gasteiger partial charge in [0.25, 0.3) is 5.91 Å². The lowest BCUT2D eigenvalue weighted by Crippen LogP contribution is -2.69. The second-order valence-corrected chi connectivity index (χ2v) is 7.44. The Kier molecular flexibility index (Phi) is 4.79. The van der Waals surface area contributed by atoms with Crippen molar-refractivity contribution in [3.05, 3.63) is 35.4 Å². The molecule has 1 aliphatic heterocycles. The first-order valence-corrected chi connectivity index (χ1v) is 8.84. The molecule has 0 radical (unpaired) electrons. The molecule has 1 aromatic rings. The minimum Gasteiger partial charge on any atom is -0.342 e. The van der Waals surface area contributed by atoms with E-state index in [4.69, 9.17) is 0 Å². The van der Waals surface area contributed by atoms with Crippen molar-refractivity contribution in [1.82, 2.24) is 15.8 Å². The molecule has 1 aromatic carbocycles. The molecule has 1 heterocycles. The highest BCUT2D eigenvalue weighted by Gasteiger charge is 2.45. The number of benzene rings is 1. The molecule has 1 aliphatic carbocycles. The van der Waals surface area contributed by atoms with Crippen LogP contribution in [0.1, 0.15) is 38.3 Å². The van der Waals surface area contributed by atoms with E-state index in [0.29, 0.717) is 6.42 Å². The summed E-state index contributed by atoms with van der Waals surface area (Å²) in [5.41, 5.74) is 5.03. The van der Waals surface area contributed by atoms with E-state index in [2.05, 4.69) is 22.9 Å². The zero-order chi connectivity index (χ0) is 18.1. The third kappa shape index (κ3) is 3.52. The number of hydrogen-bond donors (Lipinski definition) is 2. The third-order valence-corrected chi connectivity index (χ3v) is 4.94. The molecular formula is C19H25N3O3. The highest BCUT2D eigenvalue weighted by Crippen LogP contribution is 2.31. The summed E-state index contributed by atoms with van der Waals surface area (Å²) in [6.45, 7) is 5.33. The molecule has 6 heteroatoms. The lowest BCUT2D eigenvalue weighted by Gasteiger charge is -2.40. The van der Waals surface area contributed by atoms with Gasteiger partial charge in [0.2, 0.25) is 11.8 Å². The van der Waals surface area contributed by atoms with E-state index in [1.54, 1.807) is 0 Å². The number of amides is 3. The summed E-state index contributed by atoms with van der Waals surface area (Å²) in [5.74, 6) is -0.510. The van der Waals surface area contributed by atoms with Crippen molar-refractivity contribution < 1.29 is 14.4 Å². The molecule has 3 amide bonds. The van der Waals surface area contributed by atoms with Crippen LogP contribution in [-0.4, -0.2) is 34.8 Å². The quantitative estimate of drug-likeness (QED) is 0.862. The Hall–Kier alpha value is -2.37. The predicted octanol–water partition coefficient (Wildman–Crippen LogP) is 1.19. The molecule has 0 spiro atoms. The zero-order valence-corrected chi connectivity index (χ0v) is 14.9. The first-order valence-electron chi connectivity index (χ1n) is 8.84. The number of hydrazine groups is 1. The highest BCUT2D eigenvalue weighted by atomic mass is 16.2. The summed E-state index contributed by atoms with van der Waals surface area (Å²) >= 11 is 0. The van der Waals surface area contributed by atoms with Gasteiger partial charge in [-0.05, 0) is 42.2 Å². The molecule has 0 aromatic heterocycles. The van der Waals surface area contributed by atoms with Crippen LogP contribution in [0, 0.1) is 11.8 Å². The highest BCUT2D eigenvalue weighted by molar-refractivity contribution is 5.98. The molecule has 3 rings (SSSR count). The summed E-state index contributed by atoms with van der Waals surface area (Å²) < 4.78 is 0. The van der Waals surface area contributed by atoms with Gasteiger partial charge in [-0.3, -0.25) is 19.8 Å². The van der Waals surface area contributed by atoms with Gasteiger partial charge in [0.1, 0.15) is 12.1 Å². The fraction of sp³-hybridized carbons (Fsp3) is 0.526. The zero-order valence-electron chi connectivity index (χ0n) is 14.9. The number of piperazine rings is 1. The van der Waals surface area contributed by atoms with Gasteiger partial charge < -0.3 is 5.32 Å². The van der Waals surface area contributed by atoms with Gasteiger partial charge in [-0.2, -0.15) is 0 Å². The number of carbonyl (C=O) groups excluding carboxylic acids is 3. The Bertz CT molecular complexity index is 676. The summed E-state index contributed by atoms with van der Waals surface area (Å²) in [5, 5.41) is 4.18. The van der Waals surface area contributed by atoms with Gasteiger partial charge in [-0.25, -0.2) is 5.01 Å². The summed E-state index contributed by atoms with van der Waals surface area (Å²) in [6.07, 6.45) is 2.03. The molecule has 2 aliphatic rings. The molecule has 0 bridgehead atoms. The Morgan fingerprint density at radius 3 is 2.36 bits per heavy atom. The lowest BCUT2D eigenvalue weighted by atomic mass is 9.91. The van der Waals surface area contributed by atoms with Crippen molar-refractivity contribution >= 4 is 17.7 Å². The molecule has 2 atom stereocenters. The van der Waals surface area contributed by atoms with Gasteiger partial charge in [0, 0.05) is 6.92 Å². The van der Waals surface area contributed by atoms with Crippen LogP contribution < -0.4 is 10.7 Å². The second kappa shape index (κ2) is 6.86. The second-order valence-electron chi connectivity index (χ2n) is 7.44. The first kappa shape index (κ1) is 17.5. The standard InChI is InChI=1S/C19H25N3O3/c1-11(2)8-16-18(24)20-17(19(25)22(16)21-12(3)23)15-9-13-6-4-5-7-14(13)10-15/h4-7,11,15-17H,8-10H2,1-3H3,(H,20,24)(H,21,23)/t16-,17-/m1/s1. The Labute approximate surface area is 147 Å². The van der Waals surface area contributed by atoms with E-state index < -0.39 is 12.1 Å². The summed E-state index contributed by atoms with van der Waals surface area (Å²) in [4.78, 5) is 37.2. The number of hydrogen-bond acceptors (Lipinski definition) is 3. The number of nitrogens with zero attached hydrogens (tertiary/aromatic N) is 1. The Balaban J connectivity index is 1.82. The number of carbonyl (C=O) groups is 3. The smallest absolute Gasteiger partial charge is 0.264 e. The van der Waals surface area contributed by atoms with E-state index in [9.17, 15) is 14.4 Å². The van der Waals surface area contributed by atoms with Crippen LogP contribution in [0.25, 0.3) is 0 Å². The third-order valence-electron chi connectivity index (χ3n) is 4.94. The number of rotatable bonds is 4. The molecule has 1 saturated heterocycles. The van der Waals surface area contributed by atoms with Crippen LogP contribution in [0.15, 0.2) is 24.3 Å². The van der Waals surface area contributed by atoms with E-state index >= 15 is 0 Å². The van der Waals surface area contributed by atoms with E-state index in [0.717, 1.165) is 12.8 Å². The van der Waals surface area contributed by atoms with Crippen molar-refractivity contribution in [1.29, 1.82) is 0 Å². The minimum absolute atomic E-state index is 0.0186. The Morgan fingerprint density at radius 1 is 1.24 bits per heavy atom. The predicted molar refractivity (Wildman–Crippen MR) is 93.2 cm³/mol. The van der Waals surface area contributed by atoms with Crippen molar-refractivity contribution in [3.8, 4) is 0 Å². The molecule has 0 unspecified atom stereocenters. The van der Waals surface area contributed by atoms with Gasteiger partial charge in [-0.15, -0.1) is 0 Å². The number of fused-ring (bicyclic) bond motifs is 1. The van der Waals surface area contributed by atoms with Crippen LogP contribution in [0.3, 0.4) is 0 Å². The van der Waals surface area contributed by atoms with Crippen molar-refractivity contribution in [2.45, 2.75) is 52.1 Å².